The Labute approximate surface area is 128 Å². The van der Waals surface area contributed by atoms with E-state index in [2.05, 4.69) is 50.1 Å². The quantitative estimate of drug-likeness (QED) is 0.902. The largest absolute Gasteiger partial charge is 0.381 e. The van der Waals surface area contributed by atoms with Crippen molar-refractivity contribution < 1.29 is 4.74 Å². The van der Waals surface area contributed by atoms with Crippen LogP contribution in [0.15, 0.2) is 33.7 Å². The van der Waals surface area contributed by atoms with Gasteiger partial charge in [-0.1, -0.05) is 15.9 Å². The summed E-state index contributed by atoms with van der Waals surface area (Å²) in [4.78, 5) is 6.74. The summed E-state index contributed by atoms with van der Waals surface area (Å²) in [6.45, 7) is 0.797. The molecular weight excluding hydrogens is 318 g/mol. The van der Waals surface area contributed by atoms with E-state index < -0.39 is 0 Å². The van der Waals surface area contributed by atoms with Gasteiger partial charge in [-0.25, -0.2) is 0 Å². The van der Waals surface area contributed by atoms with Gasteiger partial charge in [-0.3, -0.25) is 4.99 Å². The first-order chi connectivity index (χ1) is 9.64. The number of rotatable bonds is 2. The smallest absolute Gasteiger partial charge is 0.196 e. The van der Waals surface area contributed by atoms with Crippen LogP contribution in [0.1, 0.15) is 25.7 Å². The second kappa shape index (κ2) is 5.37. The number of guanidine groups is 1. The van der Waals surface area contributed by atoms with Gasteiger partial charge in [0, 0.05) is 17.3 Å². The van der Waals surface area contributed by atoms with Crippen LogP contribution in [0.4, 0.5) is 5.69 Å². The molecule has 0 aromatic heterocycles. The van der Waals surface area contributed by atoms with Crippen LogP contribution in [0.25, 0.3) is 0 Å². The van der Waals surface area contributed by atoms with Crippen LogP contribution >= 0.6 is 15.9 Å². The van der Waals surface area contributed by atoms with Gasteiger partial charge in [-0.2, -0.15) is 0 Å². The van der Waals surface area contributed by atoms with Gasteiger partial charge in [0.25, 0.3) is 0 Å². The lowest BCUT2D eigenvalue weighted by Crippen LogP contribution is -2.54. The Balaban J connectivity index is 1.87. The summed E-state index contributed by atoms with van der Waals surface area (Å²) in [5, 5.41) is 0. The van der Waals surface area contributed by atoms with Gasteiger partial charge < -0.3 is 15.4 Å². The molecule has 1 fully saturated rings. The van der Waals surface area contributed by atoms with Gasteiger partial charge in [0.15, 0.2) is 5.96 Å². The molecule has 2 N–H and O–H groups in total. The highest BCUT2D eigenvalue weighted by Crippen LogP contribution is 2.40. The van der Waals surface area contributed by atoms with Crippen LogP contribution in [-0.2, 0) is 4.74 Å². The Morgan fingerprint density at radius 1 is 1.30 bits per heavy atom. The highest BCUT2D eigenvalue weighted by atomic mass is 79.9. The van der Waals surface area contributed by atoms with E-state index in [1.165, 1.54) is 0 Å². The van der Waals surface area contributed by atoms with Crippen LogP contribution in [-0.4, -0.2) is 31.3 Å². The van der Waals surface area contributed by atoms with E-state index in [1.807, 2.05) is 0 Å². The highest BCUT2D eigenvalue weighted by molar-refractivity contribution is 9.10. The fraction of sp³-hybridized carbons (Fsp3) is 0.533. The number of nitrogens with two attached hydrogens (primary N) is 1. The zero-order valence-electron chi connectivity index (χ0n) is 11.7. The first-order valence-corrected chi connectivity index (χ1v) is 7.82. The highest BCUT2D eigenvalue weighted by Gasteiger charge is 2.45. The molecule has 4 nitrogen and oxygen atoms in total. The molecule has 0 bridgehead atoms. The molecule has 20 heavy (non-hydrogen) atoms. The third-order valence-corrected chi connectivity index (χ3v) is 5.05. The summed E-state index contributed by atoms with van der Waals surface area (Å²) in [7, 11) is 1.80. The van der Waals surface area contributed by atoms with Crippen molar-refractivity contribution >= 4 is 27.6 Å². The minimum atomic E-state index is 0.0486. The second-order valence-corrected chi connectivity index (χ2v) is 6.56. The topological polar surface area (TPSA) is 50.9 Å². The van der Waals surface area contributed by atoms with E-state index in [0.29, 0.717) is 12.1 Å². The molecule has 3 rings (SSSR count). The van der Waals surface area contributed by atoms with Crippen molar-refractivity contribution in [2.75, 3.05) is 18.6 Å². The van der Waals surface area contributed by atoms with E-state index in [9.17, 15) is 0 Å². The summed E-state index contributed by atoms with van der Waals surface area (Å²) in [5.41, 5.74) is 7.33. The molecule has 1 aromatic rings. The average molecular weight is 338 g/mol. The molecule has 1 aliphatic carbocycles. The second-order valence-electron chi connectivity index (χ2n) is 5.65. The number of anilines is 1. The third kappa shape index (κ3) is 2.33. The summed E-state index contributed by atoms with van der Waals surface area (Å²) in [5.74, 6) is 0.642. The van der Waals surface area contributed by atoms with Crippen molar-refractivity contribution in [3.8, 4) is 0 Å². The lowest BCUT2D eigenvalue weighted by atomic mass is 9.79. The number of hydrogen-bond acceptors (Lipinski definition) is 4. The Morgan fingerprint density at radius 3 is 2.55 bits per heavy atom. The van der Waals surface area contributed by atoms with Crippen molar-refractivity contribution in [2.45, 2.75) is 37.3 Å². The van der Waals surface area contributed by atoms with Crippen LogP contribution in [0, 0.1) is 0 Å². The summed E-state index contributed by atoms with van der Waals surface area (Å²) >= 11 is 3.48. The molecule has 1 aliphatic heterocycles. The van der Waals surface area contributed by atoms with E-state index in [1.54, 1.807) is 7.11 Å². The molecule has 1 saturated carbocycles. The van der Waals surface area contributed by atoms with E-state index >= 15 is 0 Å². The Morgan fingerprint density at radius 2 is 1.95 bits per heavy atom. The van der Waals surface area contributed by atoms with Gasteiger partial charge in [0.05, 0.1) is 18.2 Å². The molecular formula is C15H20BrN3O. The zero-order valence-corrected chi connectivity index (χ0v) is 13.3. The van der Waals surface area contributed by atoms with Crippen LogP contribution in [0.5, 0.6) is 0 Å². The van der Waals surface area contributed by atoms with E-state index in [-0.39, 0.29) is 5.54 Å². The molecule has 0 saturated heterocycles. The van der Waals surface area contributed by atoms with Gasteiger partial charge in [-0.05, 0) is 49.9 Å². The van der Waals surface area contributed by atoms with Gasteiger partial charge in [0.2, 0.25) is 0 Å². The number of halogens is 1. The Hall–Kier alpha value is -1.07. The minimum Gasteiger partial charge on any atom is -0.381 e. The third-order valence-electron chi connectivity index (χ3n) is 4.52. The SMILES string of the molecule is COC1CCC2(CC1)CN=C(N)N2c1ccc(Br)cc1. The zero-order chi connectivity index (χ0) is 14.2. The fourth-order valence-corrected chi connectivity index (χ4v) is 3.62. The molecule has 108 valence electrons. The molecule has 0 amide bonds. The van der Waals surface area contributed by atoms with E-state index in [0.717, 1.165) is 42.4 Å². The van der Waals surface area contributed by atoms with Crippen molar-refractivity contribution in [3.63, 3.8) is 0 Å². The fourth-order valence-electron chi connectivity index (χ4n) is 3.35. The predicted molar refractivity (Wildman–Crippen MR) is 85.1 cm³/mol. The van der Waals surface area contributed by atoms with Crippen LogP contribution in [0.3, 0.4) is 0 Å². The summed E-state index contributed by atoms with van der Waals surface area (Å²) in [6, 6.07) is 8.30. The minimum absolute atomic E-state index is 0.0486. The number of aliphatic imine (C=N–C) groups is 1. The van der Waals surface area contributed by atoms with Crippen molar-refractivity contribution in [2.24, 2.45) is 10.7 Å². The standard InChI is InChI=1S/C15H20BrN3O/c1-20-13-6-8-15(9-7-13)10-18-14(17)19(15)12-4-2-11(16)3-5-12/h2-5,13H,6-10H2,1H3,(H2,17,18). The summed E-state index contributed by atoms with van der Waals surface area (Å²) < 4.78 is 6.56. The lowest BCUT2D eigenvalue weighted by molar-refractivity contribution is 0.0532. The summed E-state index contributed by atoms with van der Waals surface area (Å²) in [6.07, 6.45) is 4.69. The van der Waals surface area contributed by atoms with Crippen molar-refractivity contribution in [1.82, 2.24) is 0 Å². The molecule has 0 unspecified atom stereocenters. The molecule has 1 heterocycles. The van der Waals surface area contributed by atoms with E-state index in [4.69, 9.17) is 10.5 Å². The molecule has 0 atom stereocenters. The number of benzene rings is 1. The molecule has 2 aliphatic rings. The van der Waals surface area contributed by atoms with Crippen LogP contribution < -0.4 is 10.6 Å². The maximum Gasteiger partial charge on any atom is 0.196 e. The molecule has 0 radical (unpaired) electrons. The van der Waals surface area contributed by atoms with Gasteiger partial charge in [0.1, 0.15) is 0 Å². The van der Waals surface area contributed by atoms with Crippen molar-refractivity contribution in [3.05, 3.63) is 28.7 Å². The first-order valence-electron chi connectivity index (χ1n) is 7.03. The number of hydrogen-bond donors (Lipinski definition) is 1. The Bertz CT molecular complexity index is 506. The molecule has 1 spiro atoms. The average Bonchev–Trinajstić information content (AvgIpc) is 2.78. The first kappa shape index (κ1) is 13.9. The van der Waals surface area contributed by atoms with Gasteiger partial charge >= 0.3 is 0 Å². The monoisotopic (exact) mass is 337 g/mol. The van der Waals surface area contributed by atoms with Crippen molar-refractivity contribution in [1.29, 1.82) is 0 Å². The van der Waals surface area contributed by atoms with Gasteiger partial charge in [-0.15, -0.1) is 0 Å². The molecule has 5 heteroatoms. The number of nitrogens with zero attached hydrogens (tertiary/aromatic N) is 2. The Kier molecular flexibility index (Phi) is 3.73. The lowest BCUT2D eigenvalue weighted by Gasteiger charge is -2.43. The normalized spacial score (nSPS) is 29.8. The molecule has 1 aromatic carbocycles. The van der Waals surface area contributed by atoms with Crippen LogP contribution in [0.2, 0.25) is 0 Å². The maximum atomic E-state index is 6.15. The number of methoxy groups -OCH3 is 1. The predicted octanol–water partition coefficient (Wildman–Crippen LogP) is 2.91. The number of ether oxygens (including phenoxy) is 1. The maximum absolute atomic E-state index is 6.15.